The molecule has 2 rings (SSSR count). The van der Waals surface area contributed by atoms with Crippen LogP contribution in [-0.2, 0) is 0 Å². The van der Waals surface area contributed by atoms with Crippen LogP contribution in [0.2, 0.25) is 0 Å². The first-order valence-corrected chi connectivity index (χ1v) is 5.62. The van der Waals surface area contributed by atoms with E-state index >= 15 is 0 Å². The lowest BCUT2D eigenvalue weighted by Crippen LogP contribution is -2.58. The molecule has 78 valence electrons. The maximum Gasteiger partial charge on any atom is 0.00484 e. The highest BCUT2D eigenvalue weighted by atomic mass is 15.2. The Bertz CT molecular complexity index is 124. The monoisotopic (exact) mass is 184 g/mol. The molecule has 2 fully saturated rings. The molecule has 1 spiro atoms. The molecule has 0 aromatic heterocycles. The highest BCUT2D eigenvalue weighted by Gasteiger charge is 2.41. The van der Waals surface area contributed by atoms with Gasteiger partial charge >= 0.3 is 0 Å². The number of nitrogens with one attached hydrogen (secondary N) is 1. The first-order chi connectivity index (χ1) is 6.22. The second-order valence-electron chi connectivity index (χ2n) is 4.63. The molecule has 0 aromatic rings. The second-order valence-corrected chi connectivity index (χ2v) is 4.63. The molecule has 2 heterocycles. The lowest BCUT2D eigenvalue weighted by molar-refractivity contribution is -0.00368. The summed E-state index contributed by atoms with van der Waals surface area (Å²) in [5.74, 6) is 0. The van der Waals surface area contributed by atoms with Gasteiger partial charge in [0.2, 0.25) is 0 Å². The summed E-state index contributed by atoms with van der Waals surface area (Å²) < 4.78 is 0. The molecular weight excluding hydrogens is 160 g/mol. The van der Waals surface area contributed by atoms with Crippen molar-refractivity contribution < 1.29 is 0 Å². The zero-order valence-electron chi connectivity index (χ0n) is 9.40. The van der Waals surface area contributed by atoms with E-state index in [1.807, 2.05) is 0 Å². The van der Waals surface area contributed by atoms with E-state index in [2.05, 4.69) is 31.1 Å². The molecule has 0 aliphatic carbocycles. The Morgan fingerprint density at radius 3 is 2.00 bits per heavy atom. The van der Waals surface area contributed by atoms with Crippen LogP contribution in [0.5, 0.6) is 0 Å². The van der Waals surface area contributed by atoms with Crippen molar-refractivity contribution in [2.45, 2.75) is 33.1 Å². The topological polar surface area (TPSA) is 15.3 Å². The molecule has 0 bridgehead atoms. The Hall–Kier alpha value is -0.0800. The standard InChI is InChI=1S/C8H16N2.C3H8/c1-10-6-8(7-10)2-4-9-5-3-8;1-3-2/h9H,2-7H2,1H3;3H2,1-2H3. The Morgan fingerprint density at radius 1 is 1.15 bits per heavy atom. The SMILES string of the molecule is CCC.CN1CC2(CCNCC2)C1. The van der Waals surface area contributed by atoms with Crippen molar-refractivity contribution in [3.05, 3.63) is 0 Å². The van der Waals surface area contributed by atoms with Crippen molar-refractivity contribution >= 4 is 0 Å². The molecule has 0 unspecified atom stereocenters. The van der Waals surface area contributed by atoms with Crippen LogP contribution in [0.4, 0.5) is 0 Å². The van der Waals surface area contributed by atoms with Gasteiger partial charge in [-0.1, -0.05) is 20.3 Å². The Balaban J connectivity index is 0.000000251. The number of rotatable bonds is 0. The van der Waals surface area contributed by atoms with Crippen molar-refractivity contribution in [1.82, 2.24) is 10.2 Å². The largest absolute Gasteiger partial charge is 0.317 e. The lowest BCUT2D eigenvalue weighted by atomic mass is 9.73. The minimum Gasteiger partial charge on any atom is -0.317 e. The lowest BCUT2D eigenvalue weighted by Gasteiger charge is -2.51. The van der Waals surface area contributed by atoms with Gasteiger partial charge in [-0.15, -0.1) is 0 Å². The van der Waals surface area contributed by atoms with E-state index in [0.717, 1.165) is 5.41 Å². The predicted molar refractivity (Wildman–Crippen MR) is 58.0 cm³/mol. The predicted octanol–water partition coefficient (Wildman–Crippen LogP) is 1.72. The van der Waals surface area contributed by atoms with Crippen molar-refractivity contribution in [2.24, 2.45) is 5.41 Å². The summed E-state index contributed by atoms with van der Waals surface area (Å²) in [5, 5.41) is 3.40. The molecule has 2 aliphatic rings. The molecule has 13 heavy (non-hydrogen) atoms. The maximum absolute atomic E-state index is 3.40. The second kappa shape index (κ2) is 4.97. The molecule has 0 aromatic carbocycles. The molecule has 2 aliphatic heterocycles. The summed E-state index contributed by atoms with van der Waals surface area (Å²) in [6, 6.07) is 0. The summed E-state index contributed by atoms with van der Waals surface area (Å²) in [6.45, 7) is 9.42. The van der Waals surface area contributed by atoms with Crippen LogP contribution in [0.15, 0.2) is 0 Å². The number of hydrogen-bond acceptors (Lipinski definition) is 2. The minimum absolute atomic E-state index is 0.736. The Kier molecular flexibility index (Phi) is 4.20. The zero-order chi connectivity index (χ0) is 9.73. The Morgan fingerprint density at radius 2 is 1.62 bits per heavy atom. The van der Waals surface area contributed by atoms with Crippen molar-refractivity contribution in [2.75, 3.05) is 33.2 Å². The normalized spacial score (nSPS) is 26.1. The third-order valence-electron chi connectivity index (χ3n) is 2.87. The van der Waals surface area contributed by atoms with E-state index in [1.54, 1.807) is 0 Å². The van der Waals surface area contributed by atoms with Crippen LogP contribution in [-0.4, -0.2) is 38.1 Å². The zero-order valence-corrected chi connectivity index (χ0v) is 9.40. The van der Waals surface area contributed by atoms with Crippen LogP contribution in [0.25, 0.3) is 0 Å². The summed E-state index contributed by atoms with van der Waals surface area (Å²) in [7, 11) is 2.22. The Labute approximate surface area is 82.7 Å². The average Bonchev–Trinajstić information content (AvgIpc) is 2.05. The van der Waals surface area contributed by atoms with Gasteiger partial charge in [0.15, 0.2) is 0 Å². The maximum atomic E-state index is 3.40. The fraction of sp³-hybridized carbons (Fsp3) is 1.00. The van der Waals surface area contributed by atoms with Gasteiger partial charge in [-0.25, -0.2) is 0 Å². The summed E-state index contributed by atoms with van der Waals surface area (Å²) >= 11 is 0. The van der Waals surface area contributed by atoms with E-state index in [0.29, 0.717) is 0 Å². The molecule has 2 heteroatoms. The highest BCUT2D eigenvalue weighted by molar-refractivity contribution is 4.95. The average molecular weight is 184 g/mol. The summed E-state index contributed by atoms with van der Waals surface area (Å²) in [4.78, 5) is 2.42. The van der Waals surface area contributed by atoms with Gasteiger partial charge in [-0.3, -0.25) is 0 Å². The van der Waals surface area contributed by atoms with E-state index in [1.165, 1.54) is 45.4 Å². The molecule has 0 radical (unpaired) electrons. The molecule has 2 nitrogen and oxygen atoms in total. The number of hydrogen-bond donors (Lipinski definition) is 1. The summed E-state index contributed by atoms with van der Waals surface area (Å²) in [6.07, 6.45) is 4.05. The third-order valence-corrected chi connectivity index (χ3v) is 2.87. The van der Waals surface area contributed by atoms with E-state index < -0.39 is 0 Å². The van der Waals surface area contributed by atoms with E-state index in [4.69, 9.17) is 0 Å². The van der Waals surface area contributed by atoms with Crippen LogP contribution in [0, 0.1) is 5.41 Å². The van der Waals surface area contributed by atoms with E-state index in [-0.39, 0.29) is 0 Å². The first kappa shape index (κ1) is 11.0. The molecule has 1 N–H and O–H groups in total. The van der Waals surface area contributed by atoms with Gasteiger partial charge < -0.3 is 10.2 Å². The minimum atomic E-state index is 0.736. The van der Waals surface area contributed by atoms with Gasteiger partial charge in [0.05, 0.1) is 0 Å². The van der Waals surface area contributed by atoms with Gasteiger partial charge in [0.1, 0.15) is 0 Å². The van der Waals surface area contributed by atoms with Crippen LogP contribution in [0.1, 0.15) is 33.1 Å². The smallest absolute Gasteiger partial charge is 0.00484 e. The van der Waals surface area contributed by atoms with Gasteiger partial charge in [-0.2, -0.15) is 0 Å². The number of likely N-dealkylation sites (tertiary alicyclic amines) is 1. The van der Waals surface area contributed by atoms with Gasteiger partial charge in [0.25, 0.3) is 0 Å². The van der Waals surface area contributed by atoms with Crippen LogP contribution < -0.4 is 5.32 Å². The van der Waals surface area contributed by atoms with Crippen LogP contribution in [0.3, 0.4) is 0 Å². The van der Waals surface area contributed by atoms with Gasteiger partial charge in [-0.05, 0) is 38.4 Å². The first-order valence-electron chi connectivity index (χ1n) is 5.62. The highest BCUT2D eigenvalue weighted by Crippen LogP contribution is 2.37. The molecule has 2 saturated heterocycles. The molecular formula is C11H24N2. The number of piperidine rings is 1. The molecule has 0 amide bonds. The third kappa shape index (κ3) is 2.96. The number of nitrogens with zero attached hydrogens (tertiary/aromatic N) is 1. The molecule has 0 atom stereocenters. The fourth-order valence-corrected chi connectivity index (χ4v) is 2.37. The van der Waals surface area contributed by atoms with Crippen molar-refractivity contribution in [1.29, 1.82) is 0 Å². The van der Waals surface area contributed by atoms with E-state index in [9.17, 15) is 0 Å². The molecule has 0 saturated carbocycles. The van der Waals surface area contributed by atoms with Crippen molar-refractivity contribution in [3.8, 4) is 0 Å². The quantitative estimate of drug-likeness (QED) is 0.616. The fourth-order valence-electron chi connectivity index (χ4n) is 2.37. The van der Waals surface area contributed by atoms with Gasteiger partial charge in [0, 0.05) is 13.1 Å². The summed E-state index contributed by atoms with van der Waals surface area (Å²) in [5.41, 5.74) is 0.736. The van der Waals surface area contributed by atoms with Crippen molar-refractivity contribution in [3.63, 3.8) is 0 Å². The van der Waals surface area contributed by atoms with Crippen LogP contribution >= 0.6 is 0 Å².